The third-order valence-electron chi connectivity index (χ3n) is 2.57. The van der Waals surface area contributed by atoms with Crippen LogP contribution in [-0.2, 0) is 10.2 Å². The number of hydrogen-bond acceptors (Lipinski definition) is 2. The summed E-state index contributed by atoms with van der Waals surface area (Å²) in [5.74, 6) is 1.13. The van der Waals surface area contributed by atoms with Crippen molar-refractivity contribution in [1.82, 2.24) is 0 Å². The molecule has 0 radical (unpaired) electrons. The van der Waals surface area contributed by atoms with Crippen molar-refractivity contribution in [3.05, 3.63) is 0 Å². The summed E-state index contributed by atoms with van der Waals surface area (Å²) in [6.07, 6.45) is 4.38. The summed E-state index contributed by atoms with van der Waals surface area (Å²) in [5.41, 5.74) is 5.30. The van der Waals surface area contributed by atoms with Crippen LogP contribution in [0, 0.1) is 5.92 Å². The van der Waals surface area contributed by atoms with Crippen molar-refractivity contribution in [2.24, 2.45) is 11.7 Å². The van der Waals surface area contributed by atoms with Crippen molar-refractivity contribution in [2.75, 3.05) is 18.1 Å². The molecule has 1 atom stereocenters. The zero-order valence-corrected chi connectivity index (χ0v) is 10.3. The third-order valence-corrected chi connectivity index (χ3v) is 4.61. The normalized spacial score (nSPS) is 15.4. The van der Waals surface area contributed by atoms with Gasteiger partial charge in [-0.2, -0.15) is 10.2 Å². The Morgan fingerprint density at radius 2 is 2.07 bits per heavy atom. The molecule has 3 nitrogen and oxygen atoms in total. The van der Waals surface area contributed by atoms with E-state index in [1.165, 1.54) is 0 Å². The molecule has 4 heteroatoms. The van der Waals surface area contributed by atoms with Crippen LogP contribution in [0.3, 0.4) is 0 Å². The monoisotopic (exact) mass is 223 g/mol. The number of nitrogens with two attached hydrogens (primary N) is 1. The van der Waals surface area contributed by atoms with Gasteiger partial charge in [0, 0.05) is 18.1 Å². The molecule has 3 N–H and O–H groups in total. The van der Waals surface area contributed by atoms with E-state index < -0.39 is 10.2 Å². The van der Waals surface area contributed by atoms with E-state index in [0.717, 1.165) is 25.7 Å². The first-order chi connectivity index (χ1) is 6.55. The molecule has 0 saturated carbocycles. The number of unbranched alkanes of at least 4 members (excludes halogenated alkanes) is 1. The van der Waals surface area contributed by atoms with Crippen molar-refractivity contribution < 1.29 is 8.76 Å². The van der Waals surface area contributed by atoms with Gasteiger partial charge in [0.2, 0.25) is 0 Å². The largest absolute Gasteiger partial charge is 0.329 e. The molecule has 0 bridgehead atoms. The fraction of sp³-hybridized carbons (Fsp3) is 1.00. The van der Waals surface area contributed by atoms with Gasteiger partial charge in [-0.15, -0.1) is 0 Å². The predicted octanol–water partition coefficient (Wildman–Crippen LogP) is 1.65. The van der Waals surface area contributed by atoms with Crippen LogP contribution in [0.2, 0.25) is 0 Å². The van der Waals surface area contributed by atoms with Crippen molar-refractivity contribution in [1.29, 1.82) is 0 Å². The van der Waals surface area contributed by atoms with Gasteiger partial charge in [-0.3, -0.25) is 0 Å². The number of thiol groups is 1. The first-order valence-corrected chi connectivity index (χ1v) is 7.59. The van der Waals surface area contributed by atoms with E-state index in [2.05, 4.69) is 13.8 Å². The van der Waals surface area contributed by atoms with E-state index in [0.29, 0.717) is 18.2 Å². The minimum Gasteiger partial charge on any atom is -0.329 e. The van der Waals surface area contributed by atoms with Crippen LogP contribution in [0.15, 0.2) is 0 Å². The van der Waals surface area contributed by atoms with Gasteiger partial charge in [0.25, 0.3) is 0 Å². The van der Waals surface area contributed by atoms with Gasteiger partial charge in [-0.1, -0.05) is 33.1 Å². The lowest BCUT2D eigenvalue weighted by Crippen LogP contribution is -2.29. The van der Waals surface area contributed by atoms with Crippen molar-refractivity contribution in [3.63, 3.8) is 0 Å². The average Bonchev–Trinajstić information content (AvgIpc) is 2.12. The SMILES string of the molecule is CCCCC(CC)C[SH](=O)(O)CCN. The lowest BCUT2D eigenvalue weighted by atomic mass is 10.0. The molecule has 1 unspecified atom stereocenters. The molecule has 0 aromatic rings. The van der Waals surface area contributed by atoms with Gasteiger partial charge in [-0.25, -0.2) is 4.21 Å². The van der Waals surface area contributed by atoms with Gasteiger partial charge in [0.1, 0.15) is 0 Å². The van der Waals surface area contributed by atoms with E-state index in [1.807, 2.05) is 0 Å². The Kier molecular flexibility index (Phi) is 7.41. The Labute approximate surface area is 88.7 Å². The smallest absolute Gasteiger partial charge is 0.0439 e. The summed E-state index contributed by atoms with van der Waals surface area (Å²) in [4.78, 5) is 0. The van der Waals surface area contributed by atoms with Crippen molar-refractivity contribution in [3.8, 4) is 0 Å². The maximum absolute atomic E-state index is 11.6. The highest BCUT2D eigenvalue weighted by atomic mass is 32.3. The molecule has 0 aromatic heterocycles. The van der Waals surface area contributed by atoms with Crippen LogP contribution in [-0.4, -0.2) is 26.8 Å². The first-order valence-electron chi connectivity index (χ1n) is 5.56. The second-order valence-electron chi connectivity index (χ2n) is 3.96. The van der Waals surface area contributed by atoms with E-state index >= 15 is 0 Å². The Balaban J connectivity index is 3.96. The highest BCUT2D eigenvalue weighted by Crippen LogP contribution is 2.17. The van der Waals surface area contributed by atoms with Crippen LogP contribution in [0.5, 0.6) is 0 Å². The van der Waals surface area contributed by atoms with E-state index in [-0.39, 0.29) is 5.75 Å². The van der Waals surface area contributed by atoms with Gasteiger partial charge in [0.15, 0.2) is 0 Å². The van der Waals surface area contributed by atoms with Crippen molar-refractivity contribution in [2.45, 2.75) is 39.5 Å². The first kappa shape index (κ1) is 14.1. The van der Waals surface area contributed by atoms with Crippen LogP contribution < -0.4 is 5.73 Å². The standard InChI is InChI=1S/C10H25NO2S/c1-3-5-6-10(4-2)9-14(12,13)8-7-11/h10,14H,3-9,11H2,1-2H3,(H,12,13). The lowest BCUT2D eigenvalue weighted by Gasteiger charge is -2.26. The van der Waals surface area contributed by atoms with Crippen molar-refractivity contribution >= 4 is 10.2 Å². The fourth-order valence-electron chi connectivity index (χ4n) is 1.61. The highest BCUT2D eigenvalue weighted by molar-refractivity contribution is 7.97. The summed E-state index contributed by atoms with van der Waals surface area (Å²) >= 11 is 0. The minimum atomic E-state index is -2.93. The highest BCUT2D eigenvalue weighted by Gasteiger charge is 2.13. The van der Waals surface area contributed by atoms with E-state index in [9.17, 15) is 8.76 Å². The maximum Gasteiger partial charge on any atom is 0.0439 e. The fourth-order valence-corrected chi connectivity index (χ4v) is 3.45. The molecule has 14 heavy (non-hydrogen) atoms. The Hall–Kier alpha value is 0.0700. The second-order valence-corrected chi connectivity index (χ2v) is 6.46. The predicted molar refractivity (Wildman–Crippen MR) is 64.3 cm³/mol. The van der Waals surface area contributed by atoms with E-state index in [4.69, 9.17) is 5.73 Å². The maximum atomic E-state index is 11.6. The quantitative estimate of drug-likeness (QED) is 0.548. The molecule has 0 amide bonds. The van der Waals surface area contributed by atoms with Gasteiger partial charge < -0.3 is 10.3 Å². The zero-order valence-electron chi connectivity index (χ0n) is 9.41. The molecule has 0 aliphatic carbocycles. The van der Waals surface area contributed by atoms with Gasteiger partial charge in [-0.05, 0) is 12.3 Å². The topological polar surface area (TPSA) is 63.3 Å². The number of rotatable bonds is 8. The molecule has 0 aromatic carbocycles. The molecule has 0 aliphatic rings. The molecule has 88 valence electrons. The summed E-state index contributed by atoms with van der Waals surface area (Å²) in [7, 11) is -2.93. The van der Waals surface area contributed by atoms with Crippen LogP contribution in [0.1, 0.15) is 39.5 Å². The molecule has 0 fully saturated rings. The Bertz CT molecular complexity index is 185. The molecule has 0 heterocycles. The Morgan fingerprint density at radius 3 is 2.50 bits per heavy atom. The summed E-state index contributed by atoms with van der Waals surface area (Å²) < 4.78 is 21.2. The van der Waals surface area contributed by atoms with Crippen LogP contribution in [0.4, 0.5) is 0 Å². The molecule has 0 aliphatic heterocycles. The minimum absolute atomic E-state index is 0.273. The van der Waals surface area contributed by atoms with Gasteiger partial charge >= 0.3 is 0 Å². The van der Waals surface area contributed by atoms with Crippen LogP contribution >= 0.6 is 0 Å². The average molecular weight is 223 g/mol. The molecule has 0 spiro atoms. The van der Waals surface area contributed by atoms with E-state index in [1.54, 1.807) is 0 Å². The third kappa shape index (κ3) is 6.51. The molecular weight excluding hydrogens is 198 g/mol. The lowest BCUT2D eigenvalue weighted by molar-refractivity contribution is 0.466. The summed E-state index contributed by atoms with van der Waals surface area (Å²) in [6.45, 7) is 4.55. The summed E-state index contributed by atoms with van der Waals surface area (Å²) in [6, 6.07) is 0. The molecule has 0 rings (SSSR count). The number of hydrogen-bond donors (Lipinski definition) is 3. The summed E-state index contributed by atoms with van der Waals surface area (Å²) in [5, 5.41) is 0. The zero-order chi connectivity index (χ0) is 11.0. The Morgan fingerprint density at radius 1 is 1.43 bits per heavy atom. The molecular formula is C10H25NO2S. The van der Waals surface area contributed by atoms with Gasteiger partial charge in [0.05, 0.1) is 0 Å². The molecule has 0 saturated heterocycles. The van der Waals surface area contributed by atoms with Crippen LogP contribution in [0.25, 0.3) is 0 Å². The second kappa shape index (κ2) is 7.37.